The lowest BCUT2D eigenvalue weighted by atomic mass is 10.2. The summed E-state index contributed by atoms with van der Waals surface area (Å²) in [5.74, 6) is 2.26. The van der Waals surface area contributed by atoms with Crippen molar-refractivity contribution in [3.63, 3.8) is 0 Å². The van der Waals surface area contributed by atoms with Gasteiger partial charge in [-0.3, -0.25) is 9.36 Å². The third-order valence-corrected chi connectivity index (χ3v) is 6.98. The highest BCUT2D eigenvalue weighted by molar-refractivity contribution is 7.99. The maximum Gasteiger partial charge on any atom is 0.258 e. The molecule has 1 aliphatic rings. The highest BCUT2D eigenvalue weighted by atomic mass is 35.5. The number of nitrogens with zero attached hydrogens (tertiary/aromatic N) is 4. The predicted molar refractivity (Wildman–Crippen MR) is 125 cm³/mol. The second-order valence-electron chi connectivity index (χ2n) is 7.72. The van der Waals surface area contributed by atoms with Crippen LogP contribution in [-0.2, 0) is 6.42 Å². The number of hydrogen-bond acceptors (Lipinski definition) is 5. The molecule has 2 aromatic carbocycles. The van der Waals surface area contributed by atoms with Crippen LogP contribution in [0.1, 0.15) is 37.5 Å². The molecule has 158 valence electrons. The quantitative estimate of drug-likeness (QED) is 0.403. The van der Waals surface area contributed by atoms with Crippen LogP contribution >= 0.6 is 23.4 Å². The summed E-state index contributed by atoms with van der Waals surface area (Å²) in [6.07, 6.45) is 5.34. The van der Waals surface area contributed by atoms with E-state index in [4.69, 9.17) is 11.6 Å². The van der Waals surface area contributed by atoms with Gasteiger partial charge < -0.3 is 4.98 Å². The SMILES string of the molecule is O=c1[nH]c(CCSc2nnc(-c3ccccc3Cl)n2C2CCCC2)nc2ccccc12. The average Bonchev–Trinajstić information content (AvgIpc) is 3.44. The monoisotopic (exact) mass is 451 g/mol. The van der Waals surface area contributed by atoms with Gasteiger partial charge in [0.05, 0.1) is 15.9 Å². The fourth-order valence-corrected chi connectivity index (χ4v) is 5.36. The van der Waals surface area contributed by atoms with Gasteiger partial charge in [0.1, 0.15) is 5.82 Å². The number of aromatic amines is 1. The molecule has 0 spiro atoms. The lowest BCUT2D eigenvalue weighted by molar-refractivity contribution is 0.485. The average molecular weight is 452 g/mol. The lowest BCUT2D eigenvalue weighted by Gasteiger charge is -2.17. The molecule has 0 amide bonds. The Morgan fingerprint density at radius 2 is 1.84 bits per heavy atom. The van der Waals surface area contributed by atoms with E-state index < -0.39 is 0 Å². The van der Waals surface area contributed by atoms with E-state index >= 15 is 0 Å². The highest BCUT2D eigenvalue weighted by Crippen LogP contribution is 2.38. The van der Waals surface area contributed by atoms with Gasteiger partial charge in [-0.1, -0.05) is 60.5 Å². The Morgan fingerprint density at radius 1 is 1.06 bits per heavy atom. The van der Waals surface area contributed by atoms with Gasteiger partial charge in [0.25, 0.3) is 5.56 Å². The Bertz CT molecular complexity index is 1280. The van der Waals surface area contributed by atoms with Gasteiger partial charge in [-0.05, 0) is 37.1 Å². The Kier molecular flexibility index (Phi) is 5.78. The number of hydrogen-bond donors (Lipinski definition) is 1. The molecule has 0 radical (unpaired) electrons. The fraction of sp³-hybridized carbons (Fsp3) is 0.304. The van der Waals surface area contributed by atoms with Crippen molar-refractivity contribution in [1.29, 1.82) is 0 Å². The van der Waals surface area contributed by atoms with Gasteiger partial charge in [0.15, 0.2) is 11.0 Å². The second-order valence-corrected chi connectivity index (χ2v) is 9.19. The predicted octanol–water partition coefficient (Wildman–Crippen LogP) is 5.28. The van der Waals surface area contributed by atoms with Crippen molar-refractivity contribution in [2.45, 2.75) is 43.3 Å². The van der Waals surface area contributed by atoms with Crippen molar-refractivity contribution in [3.05, 3.63) is 69.7 Å². The van der Waals surface area contributed by atoms with Crippen molar-refractivity contribution >= 4 is 34.3 Å². The van der Waals surface area contributed by atoms with Crippen molar-refractivity contribution in [2.75, 3.05) is 5.75 Å². The molecular formula is C23H22ClN5OS. The molecule has 0 unspecified atom stereocenters. The van der Waals surface area contributed by atoms with E-state index in [2.05, 4.69) is 24.7 Å². The van der Waals surface area contributed by atoms with Gasteiger partial charge in [-0.25, -0.2) is 4.98 Å². The van der Waals surface area contributed by atoms with E-state index in [1.165, 1.54) is 12.8 Å². The minimum absolute atomic E-state index is 0.0965. The molecule has 31 heavy (non-hydrogen) atoms. The maximum absolute atomic E-state index is 12.3. The standard InChI is InChI=1S/C23H22ClN5OS/c24-18-11-5-3-9-16(18)21-27-28-23(29(21)15-7-1-2-8-15)31-14-13-20-25-19-12-6-4-10-17(19)22(30)26-20/h3-6,9-12,15H,1-2,7-8,13-14H2,(H,25,26,30). The number of rotatable bonds is 6. The Morgan fingerprint density at radius 3 is 2.68 bits per heavy atom. The molecule has 5 rings (SSSR count). The van der Waals surface area contributed by atoms with E-state index in [0.29, 0.717) is 28.7 Å². The number of nitrogens with one attached hydrogen (secondary N) is 1. The first-order chi connectivity index (χ1) is 15.2. The van der Waals surface area contributed by atoms with Gasteiger partial charge in [-0.15, -0.1) is 10.2 Å². The van der Waals surface area contributed by atoms with Gasteiger partial charge in [0, 0.05) is 23.8 Å². The minimum Gasteiger partial charge on any atom is -0.310 e. The summed E-state index contributed by atoms with van der Waals surface area (Å²) in [7, 11) is 0. The maximum atomic E-state index is 12.3. The number of aryl methyl sites for hydroxylation is 1. The van der Waals surface area contributed by atoms with Crippen LogP contribution in [0.5, 0.6) is 0 Å². The summed E-state index contributed by atoms with van der Waals surface area (Å²) in [4.78, 5) is 19.8. The van der Waals surface area contributed by atoms with Crippen molar-refractivity contribution in [3.8, 4) is 11.4 Å². The normalized spacial score (nSPS) is 14.5. The topological polar surface area (TPSA) is 76.5 Å². The summed E-state index contributed by atoms with van der Waals surface area (Å²) in [5, 5.41) is 11.2. The lowest BCUT2D eigenvalue weighted by Crippen LogP contribution is -2.13. The molecule has 2 aromatic heterocycles. The Hall–Kier alpha value is -2.64. The number of fused-ring (bicyclic) bond motifs is 1. The van der Waals surface area contributed by atoms with Crippen LogP contribution in [0, 0.1) is 0 Å². The zero-order chi connectivity index (χ0) is 21.2. The molecule has 0 bridgehead atoms. The van der Waals surface area contributed by atoms with Crippen molar-refractivity contribution in [1.82, 2.24) is 24.7 Å². The summed E-state index contributed by atoms with van der Waals surface area (Å²) in [6.45, 7) is 0. The molecule has 1 aliphatic carbocycles. The zero-order valence-electron chi connectivity index (χ0n) is 16.9. The second kappa shape index (κ2) is 8.85. The minimum atomic E-state index is -0.0965. The van der Waals surface area contributed by atoms with E-state index in [9.17, 15) is 4.79 Å². The van der Waals surface area contributed by atoms with Crippen LogP contribution in [0.25, 0.3) is 22.3 Å². The van der Waals surface area contributed by atoms with Crippen LogP contribution in [0.15, 0.2) is 58.5 Å². The Balaban J connectivity index is 1.39. The smallest absolute Gasteiger partial charge is 0.258 e. The molecule has 4 aromatic rings. The summed E-state index contributed by atoms with van der Waals surface area (Å²) < 4.78 is 2.26. The van der Waals surface area contributed by atoms with Crippen LogP contribution in [0.4, 0.5) is 0 Å². The number of aromatic nitrogens is 5. The molecule has 0 saturated heterocycles. The molecule has 1 fully saturated rings. The van der Waals surface area contributed by atoms with E-state index in [-0.39, 0.29) is 5.56 Å². The van der Waals surface area contributed by atoms with Crippen LogP contribution < -0.4 is 5.56 Å². The molecule has 6 nitrogen and oxygen atoms in total. The molecule has 2 heterocycles. The van der Waals surface area contributed by atoms with E-state index in [0.717, 1.165) is 40.7 Å². The number of benzene rings is 2. The Labute approximate surface area is 189 Å². The first-order valence-electron chi connectivity index (χ1n) is 10.5. The van der Waals surface area contributed by atoms with Gasteiger partial charge in [0.2, 0.25) is 0 Å². The van der Waals surface area contributed by atoms with Gasteiger partial charge >= 0.3 is 0 Å². The summed E-state index contributed by atoms with van der Waals surface area (Å²) in [5.41, 5.74) is 1.54. The number of thioether (sulfide) groups is 1. The third-order valence-electron chi connectivity index (χ3n) is 5.70. The molecule has 8 heteroatoms. The largest absolute Gasteiger partial charge is 0.310 e. The van der Waals surface area contributed by atoms with Crippen LogP contribution in [0.3, 0.4) is 0 Å². The summed E-state index contributed by atoms with van der Waals surface area (Å²) in [6, 6.07) is 15.6. The number of para-hydroxylation sites is 1. The number of halogens is 1. The fourth-order valence-electron chi connectivity index (χ4n) is 4.19. The highest BCUT2D eigenvalue weighted by Gasteiger charge is 2.25. The third kappa shape index (κ3) is 4.12. The van der Waals surface area contributed by atoms with Crippen molar-refractivity contribution < 1.29 is 0 Å². The zero-order valence-corrected chi connectivity index (χ0v) is 18.5. The molecule has 0 aliphatic heterocycles. The molecular weight excluding hydrogens is 430 g/mol. The molecule has 1 saturated carbocycles. The molecule has 0 atom stereocenters. The summed E-state index contributed by atoms with van der Waals surface area (Å²) >= 11 is 8.11. The van der Waals surface area contributed by atoms with Crippen molar-refractivity contribution in [2.24, 2.45) is 0 Å². The van der Waals surface area contributed by atoms with Crippen LogP contribution in [-0.4, -0.2) is 30.5 Å². The first kappa shape index (κ1) is 20.3. The van der Waals surface area contributed by atoms with E-state index in [1.807, 2.05) is 42.5 Å². The number of H-pyrrole nitrogens is 1. The van der Waals surface area contributed by atoms with Gasteiger partial charge in [-0.2, -0.15) is 0 Å². The van der Waals surface area contributed by atoms with Crippen LogP contribution in [0.2, 0.25) is 5.02 Å². The van der Waals surface area contributed by atoms with E-state index in [1.54, 1.807) is 17.8 Å². The molecule has 1 N–H and O–H groups in total. The first-order valence-corrected chi connectivity index (χ1v) is 11.9.